The largest absolute Gasteiger partial charge is 0.361 e. The number of hydrogen-bond acceptors (Lipinski definition) is 5. The molecule has 6 heteroatoms. The molecule has 1 unspecified atom stereocenters. The lowest BCUT2D eigenvalue weighted by Gasteiger charge is -2.34. The Kier molecular flexibility index (Phi) is 5.81. The predicted octanol–water partition coefficient (Wildman–Crippen LogP) is 2.90. The van der Waals surface area contributed by atoms with Gasteiger partial charge in [0.05, 0.1) is 11.7 Å². The number of pyridine rings is 1. The molecular weight excluding hydrogens is 316 g/mol. The number of amides is 1. The van der Waals surface area contributed by atoms with Gasteiger partial charge in [-0.25, -0.2) is 0 Å². The van der Waals surface area contributed by atoms with E-state index in [1.54, 1.807) is 13.1 Å². The van der Waals surface area contributed by atoms with Crippen LogP contribution in [-0.2, 0) is 6.42 Å². The molecule has 1 saturated heterocycles. The maximum atomic E-state index is 12.7. The maximum absolute atomic E-state index is 12.7. The number of carbonyl (C=O) groups excluding carboxylic acids is 1. The first-order valence-electron chi connectivity index (χ1n) is 9.08. The van der Waals surface area contributed by atoms with Crippen molar-refractivity contribution >= 4 is 5.91 Å². The number of piperidine rings is 1. The van der Waals surface area contributed by atoms with Crippen molar-refractivity contribution in [2.75, 3.05) is 19.6 Å². The molecule has 1 amide bonds. The number of hydrogen-bond donors (Lipinski definition) is 1. The zero-order valence-corrected chi connectivity index (χ0v) is 15.0. The van der Waals surface area contributed by atoms with Crippen molar-refractivity contribution in [1.82, 2.24) is 20.4 Å². The van der Waals surface area contributed by atoms with E-state index in [2.05, 4.69) is 26.4 Å². The molecule has 2 aromatic rings. The Balaban J connectivity index is 1.74. The summed E-state index contributed by atoms with van der Waals surface area (Å²) in [4.78, 5) is 19.4. The van der Waals surface area contributed by atoms with Gasteiger partial charge in [-0.3, -0.25) is 14.7 Å². The molecule has 1 aliphatic heterocycles. The summed E-state index contributed by atoms with van der Waals surface area (Å²) in [6.45, 7) is 6.42. The Morgan fingerprint density at radius 2 is 2.16 bits per heavy atom. The van der Waals surface area contributed by atoms with Crippen LogP contribution in [0.4, 0.5) is 0 Å². The van der Waals surface area contributed by atoms with Crippen molar-refractivity contribution < 1.29 is 9.32 Å². The molecule has 0 radical (unpaired) electrons. The standard InChI is InChI=1S/C19H26N4O2/c1-3-16-18(14(2)25-22-16)19(24)21-13-17(15-8-7-9-20-12-15)23-10-5-4-6-11-23/h7-9,12,17H,3-6,10-11,13H2,1-2H3,(H,21,24). The Morgan fingerprint density at radius 3 is 2.84 bits per heavy atom. The predicted molar refractivity (Wildman–Crippen MR) is 95.4 cm³/mol. The van der Waals surface area contributed by atoms with E-state index in [-0.39, 0.29) is 11.9 Å². The van der Waals surface area contributed by atoms with Gasteiger partial charge < -0.3 is 9.84 Å². The van der Waals surface area contributed by atoms with Crippen molar-refractivity contribution in [1.29, 1.82) is 0 Å². The number of rotatable bonds is 6. The molecule has 3 heterocycles. The minimum absolute atomic E-state index is 0.110. The number of nitrogens with zero attached hydrogens (tertiary/aromatic N) is 3. The number of nitrogens with one attached hydrogen (secondary N) is 1. The van der Waals surface area contributed by atoms with Crippen molar-refractivity contribution in [3.63, 3.8) is 0 Å². The fourth-order valence-corrected chi connectivity index (χ4v) is 3.49. The smallest absolute Gasteiger partial charge is 0.256 e. The summed E-state index contributed by atoms with van der Waals surface area (Å²) in [7, 11) is 0. The van der Waals surface area contributed by atoms with E-state index in [1.165, 1.54) is 19.3 Å². The van der Waals surface area contributed by atoms with E-state index < -0.39 is 0 Å². The molecule has 134 valence electrons. The topological polar surface area (TPSA) is 71.3 Å². The van der Waals surface area contributed by atoms with Gasteiger partial charge in [0, 0.05) is 18.9 Å². The molecule has 1 N–H and O–H groups in total. The van der Waals surface area contributed by atoms with Gasteiger partial charge in [0.25, 0.3) is 5.91 Å². The summed E-state index contributed by atoms with van der Waals surface area (Å²) in [5.74, 6) is 0.465. The van der Waals surface area contributed by atoms with E-state index in [0.29, 0.717) is 30.0 Å². The average molecular weight is 342 g/mol. The Hall–Kier alpha value is -2.21. The summed E-state index contributed by atoms with van der Waals surface area (Å²) in [6, 6.07) is 4.18. The molecule has 1 aliphatic rings. The van der Waals surface area contributed by atoms with Crippen molar-refractivity contribution in [3.8, 4) is 0 Å². The monoisotopic (exact) mass is 342 g/mol. The third-order valence-corrected chi connectivity index (χ3v) is 4.85. The van der Waals surface area contributed by atoms with Gasteiger partial charge in [0.2, 0.25) is 0 Å². The maximum Gasteiger partial charge on any atom is 0.256 e. The zero-order chi connectivity index (χ0) is 17.6. The summed E-state index contributed by atoms with van der Waals surface area (Å²) in [6.07, 6.45) is 8.04. The molecule has 3 rings (SSSR count). The van der Waals surface area contributed by atoms with Crippen LogP contribution in [0.3, 0.4) is 0 Å². The molecule has 0 aromatic carbocycles. The fourth-order valence-electron chi connectivity index (χ4n) is 3.49. The molecule has 0 saturated carbocycles. The van der Waals surface area contributed by atoms with E-state index in [9.17, 15) is 4.79 Å². The number of aromatic nitrogens is 2. The second-order valence-electron chi connectivity index (χ2n) is 6.52. The quantitative estimate of drug-likeness (QED) is 0.874. The lowest BCUT2D eigenvalue weighted by atomic mass is 10.0. The highest BCUT2D eigenvalue weighted by Gasteiger charge is 2.25. The molecule has 0 bridgehead atoms. The van der Waals surface area contributed by atoms with Crippen LogP contribution in [0.1, 0.15) is 59.6 Å². The minimum Gasteiger partial charge on any atom is -0.361 e. The van der Waals surface area contributed by atoms with Crippen LogP contribution in [0.2, 0.25) is 0 Å². The zero-order valence-electron chi connectivity index (χ0n) is 15.0. The first-order valence-corrected chi connectivity index (χ1v) is 9.08. The first-order chi connectivity index (χ1) is 12.2. The first kappa shape index (κ1) is 17.6. The third-order valence-electron chi connectivity index (χ3n) is 4.85. The minimum atomic E-state index is -0.110. The highest BCUT2D eigenvalue weighted by atomic mass is 16.5. The van der Waals surface area contributed by atoms with E-state index in [1.807, 2.05) is 19.2 Å². The summed E-state index contributed by atoms with van der Waals surface area (Å²) in [5.41, 5.74) is 2.43. The lowest BCUT2D eigenvalue weighted by molar-refractivity contribution is 0.0922. The second-order valence-corrected chi connectivity index (χ2v) is 6.52. The van der Waals surface area contributed by atoms with Gasteiger partial charge in [-0.15, -0.1) is 0 Å². The highest BCUT2D eigenvalue weighted by Crippen LogP contribution is 2.24. The third kappa shape index (κ3) is 4.07. The van der Waals surface area contributed by atoms with Gasteiger partial charge in [-0.05, 0) is 50.9 Å². The van der Waals surface area contributed by atoms with Crippen LogP contribution in [0.15, 0.2) is 29.0 Å². The van der Waals surface area contributed by atoms with Gasteiger partial charge in [0.1, 0.15) is 11.3 Å². The number of aryl methyl sites for hydroxylation is 2. The van der Waals surface area contributed by atoms with Crippen LogP contribution in [-0.4, -0.2) is 40.6 Å². The summed E-state index contributed by atoms with van der Waals surface area (Å²) >= 11 is 0. The second kappa shape index (κ2) is 8.25. The molecule has 1 fully saturated rings. The van der Waals surface area contributed by atoms with Crippen molar-refractivity contribution in [3.05, 3.63) is 47.1 Å². The average Bonchev–Trinajstić information content (AvgIpc) is 3.04. The SMILES string of the molecule is CCc1noc(C)c1C(=O)NCC(c1cccnc1)N1CCCCC1. The van der Waals surface area contributed by atoms with Gasteiger partial charge in [-0.1, -0.05) is 24.6 Å². The van der Waals surface area contributed by atoms with Crippen LogP contribution < -0.4 is 5.32 Å². The molecule has 0 aliphatic carbocycles. The molecule has 25 heavy (non-hydrogen) atoms. The molecule has 2 aromatic heterocycles. The van der Waals surface area contributed by atoms with E-state index >= 15 is 0 Å². The van der Waals surface area contributed by atoms with E-state index in [4.69, 9.17) is 4.52 Å². The number of carbonyl (C=O) groups is 1. The molecule has 6 nitrogen and oxygen atoms in total. The molecule has 0 spiro atoms. The summed E-state index contributed by atoms with van der Waals surface area (Å²) < 4.78 is 5.18. The van der Waals surface area contributed by atoms with Crippen LogP contribution >= 0.6 is 0 Å². The van der Waals surface area contributed by atoms with Crippen molar-refractivity contribution in [2.24, 2.45) is 0 Å². The number of likely N-dealkylation sites (tertiary alicyclic amines) is 1. The van der Waals surface area contributed by atoms with Gasteiger partial charge in [-0.2, -0.15) is 0 Å². The van der Waals surface area contributed by atoms with E-state index in [0.717, 1.165) is 18.7 Å². The Bertz CT molecular complexity index is 693. The normalized spacial score (nSPS) is 16.6. The van der Waals surface area contributed by atoms with Crippen LogP contribution in [0.5, 0.6) is 0 Å². The van der Waals surface area contributed by atoms with Crippen LogP contribution in [0.25, 0.3) is 0 Å². The Labute approximate surface area is 148 Å². The Morgan fingerprint density at radius 1 is 1.36 bits per heavy atom. The van der Waals surface area contributed by atoms with Crippen LogP contribution in [0, 0.1) is 6.92 Å². The summed E-state index contributed by atoms with van der Waals surface area (Å²) in [5, 5.41) is 7.06. The van der Waals surface area contributed by atoms with Crippen molar-refractivity contribution in [2.45, 2.75) is 45.6 Å². The molecule has 1 atom stereocenters. The highest BCUT2D eigenvalue weighted by molar-refractivity contribution is 5.96. The molecular formula is C19H26N4O2. The fraction of sp³-hybridized carbons (Fsp3) is 0.526. The van der Waals surface area contributed by atoms with Gasteiger partial charge >= 0.3 is 0 Å². The van der Waals surface area contributed by atoms with Gasteiger partial charge in [0.15, 0.2) is 0 Å². The lowest BCUT2D eigenvalue weighted by Crippen LogP contribution is -2.40.